The van der Waals surface area contributed by atoms with Gasteiger partial charge in [-0.05, 0) is 42.8 Å². The molecular weight excluding hydrogens is 370 g/mol. The lowest BCUT2D eigenvalue weighted by Crippen LogP contribution is -2.22. The fraction of sp³-hybridized carbons (Fsp3) is 0.143. The Kier molecular flexibility index (Phi) is 4.09. The first-order valence-corrected chi connectivity index (χ1v) is 9.12. The minimum Gasteiger partial charge on any atom is -0.454 e. The first kappa shape index (κ1) is 17.2. The molecule has 0 aliphatic carbocycles. The molecule has 29 heavy (non-hydrogen) atoms. The normalized spacial score (nSPS) is 12.3. The maximum atomic E-state index is 12.6. The van der Waals surface area contributed by atoms with Crippen molar-refractivity contribution >= 4 is 16.9 Å². The van der Waals surface area contributed by atoms with Crippen LogP contribution in [-0.4, -0.2) is 32.4 Å². The van der Waals surface area contributed by atoms with Gasteiger partial charge in [0, 0.05) is 24.3 Å². The summed E-state index contributed by atoms with van der Waals surface area (Å²) in [5.74, 6) is 1.88. The minimum atomic E-state index is -0.206. The van der Waals surface area contributed by atoms with E-state index in [4.69, 9.17) is 9.47 Å². The fourth-order valence-electron chi connectivity index (χ4n) is 3.24. The van der Waals surface area contributed by atoms with Gasteiger partial charge in [-0.2, -0.15) is 9.78 Å². The largest absolute Gasteiger partial charge is 0.454 e. The monoisotopic (exact) mass is 387 g/mol. The van der Waals surface area contributed by atoms with Crippen molar-refractivity contribution in [3.8, 4) is 17.3 Å². The number of ether oxygens (including phenoxy) is 2. The quantitative estimate of drug-likeness (QED) is 0.579. The highest BCUT2D eigenvalue weighted by Crippen LogP contribution is 2.32. The van der Waals surface area contributed by atoms with Crippen LogP contribution in [0.1, 0.15) is 21.6 Å². The first-order chi connectivity index (χ1) is 14.2. The zero-order chi connectivity index (χ0) is 19.8. The predicted molar refractivity (Wildman–Crippen MR) is 105 cm³/mol. The average molecular weight is 387 g/mol. The number of amides is 1. The number of nitrogens with zero attached hydrogens (tertiary/aromatic N) is 4. The zero-order valence-corrected chi connectivity index (χ0v) is 15.6. The lowest BCUT2D eigenvalue weighted by Gasteiger charge is -2.07. The van der Waals surface area contributed by atoms with Gasteiger partial charge < -0.3 is 14.8 Å². The van der Waals surface area contributed by atoms with Crippen LogP contribution in [-0.2, 0) is 6.54 Å². The molecule has 0 bridgehead atoms. The number of carbonyl (C=O) groups excluding carboxylic acids is 1. The third kappa shape index (κ3) is 3.14. The van der Waals surface area contributed by atoms with Crippen LogP contribution < -0.4 is 14.8 Å². The molecule has 0 spiro atoms. The Morgan fingerprint density at radius 2 is 2.03 bits per heavy atom. The average Bonchev–Trinajstić information content (AvgIpc) is 3.36. The lowest BCUT2D eigenvalue weighted by atomic mass is 10.1. The van der Waals surface area contributed by atoms with Crippen LogP contribution in [0, 0.1) is 6.92 Å². The van der Waals surface area contributed by atoms with Crippen LogP contribution in [0.25, 0.3) is 16.9 Å². The molecule has 8 nitrogen and oxygen atoms in total. The Balaban J connectivity index is 1.37. The summed E-state index contributed by atoms with van der Waals surface area (Å²) in [6.45, 7) is 2.49. The molecule has 0 unspecified atom stereocenters. The van der Waals surface area contributed by atoms with Gasteiger partial charge in [0.05, 0.1) is 11.3 Å². The number of fused-ring (bicyclic) bond motifs is 2. The number of rotatable bonds is 4. The van der Waals surface area contributed by atoms with Crippen molar-refractivity contribution in [3.63, 3.8) is 0 Å². The number of aryl methyl sites for hydroxylation is 1. The fourth-order valence-corrected chi connectivity index (χ4v) is 3.24. The second-order valence-corrected chi connectivity index (χ2v) is 6.65. The number of nitrogens with one attached hydrogen (secondary N) is 1. The van der Waals surface area contributed by atoms with E-state index < -0.39 is 0 Å². The number of hydrogen-bond donors (Lipinski definition) is 1. The van der Waals surface area contributed by atoms with E-state index in [1.807, 2.05) is 43.3 Å². The lowest BCUT2D eigenvalue weighted by molar-refractivity contribution is 0.0950. The predicted octanol–water partition coefficient (Wildman–Crippen LogP) is 2.78. The topological polar surface area (TPSA) is 91.2 Å². The van der Waals surface area contributed by atoms with Crippen molar-refractivity contribution in [1.29, 1.82) is 0 Å². The number of hydrogen-bond acceptors (Lipinski definition) is 6. The summed E-state index contributed by atoms with van der Waals surface area (Å²) >= 11 is 0. The zero-order valence-electron chi connectivity index (χ0n) is 15.6. The van der Waals surface area contributed by atoms with Crippen LogP contribution in [0.5, 0.6) is 11.5 Å². The van der Waals surface area contributed by atoms with E-state index in [0.717, 1.165) is 22.4 Å². The molecule has 3 aromatic heterocycles. The molecule has 1 N–H and O–H groups in total. The van der Waals surface area contributed by atoms with Crippen molar-refractivity contribution in [3.05, 3.63) is 71.7 Å². The highest BCUT2D eigenvalue weighted by Gasteiger charge is 2.16. The maximum Gasteiger partial charge on any atom is 0.253 e. The summed E-state index contributed by atoms with van der Waals surface area (Å²) < 4.78 is 12.4. The summed E-state index contributed by atoms with van der Waals surface area (Å²) in [6, 6.07) is 13.0. The Morgan fingerprint density at radius 3 is 2.90 bits per heavy atom. The van der Waals surface area contributed by atoms with Crippen LogP contribution in [0.4, 0.5) is 0 Å². The summed E-state index contributed by atoms with van der Waals surface area (Å²) in [5.41, 5.74) is 2.84. The molecule has 0 atom stereocenters. The molecule has 0 radical (unpaired) electrons. The van der Waals surface area contributed by atoms with Gasteiger partial charge in [-0.3, -0.25) is 4.79 Å². The second-order valence-electron chi connectivity index (χ2n) is 6.65. The molecule has 4 heterocycles. The van der Waals surface area contributed by atoms with Crippen LogP contribution in [0.15, 0.2) is 54.9 Å². The maximum absolute atomic E-state index is 12.6. The molecule has 1 aliphatic rings. The van der Waals surface area contributed by atoms with Crippen molar-refractivity contribution in [1.82, 2.24) is 25.1 Å². The molecule has 0 saturated heterocycles. The Hall–Kier alpha value is -3.94. The summed E-state index contributed by atoms with van der Waals surface area (Å²) in [4.78, 5) is 21.4. The van der Waals surface area contributed by atoms with Crippen LogP contribution in [0.3, 0.4) is 0 Å². The van der Waals surface area contributed by atoms with Crippen molar-refractivity contribution in [2.24, 2.45) is 0 Å². The Morgan fingerprint density at radius 1 is 1.14 bits per heavy atom. The molecular formula is C21H17N5O3. The van der Waals surface area contributed by atoms with E-state index in [1.54, 1.807) is 23.1 Å². The number of carbonyl (C=O) groups is 1. The van der Waals surface area contributed by atoms with E-state index in [9.17, 15) is 4.79 Å². The Labute approximate surface area is 166 Å². The van der Waals surface area contributed by atoms with Crippen molar-refractivity contribution in [2.75, 3.05) is 6.79 Å². The summed E-state index contributed by atoms with van der Waals surface area (Å²) in [7, 11) is 0. The molecule has 4 aromatic rings. The molecule has 1 aromatic carbocycles. The molecule has 0 saturated carbocycles. The number of benzene rings is 1. The molecule has 144 valence electrons. The van der Waals surface area contributed by atoms with Crippen molar-refractivity contribution in [2.45, 2.75) is 13.5 Å². The SMILES string of the molecule is Cc1nn(-c2ccccn2)c2ncc(C(=O)NCc3ccc4c(c3)OCO4)cc12. The van der Waals surface area contributed by atoms with E-state index in [0.29, 0.717) is 29.3 Å². The van der Waals surface area contributed by atoms with E-state index in [1.165, 1.54) is 0 Å². The molecule has 1 amide bonds. The van der Waals surface area contributed by atoms with Crippen LogP contribution >= 0.6 is 0 Å². The molecule has 5 rings (SSSR count). The second kappa shape index (κ2) is 6.90. The third-order valence-electron chi connectivity index (χ3n) is 4.73. The molecule has 0 fully saturated rings. The van der Waals surface area contributed by atoms with Gasteiger partial charge in [-0.1, -0.05) is 12.1 Å². The first-order valence-electron chi connectivity index (χ1n) is 9.12. The number of pyridine rings is 2. The smallest absolute Gasteiger partial charge is 0.253 e. The highest BCUT2D eigenvalue weighted by molar-refractivity contribution is 5.97. The van der Waals surface area contributed by atoms with Gasteiger partial charge in [-0.25, -0.2) is 9.97 Å². The van der Waals surface area contributed by atoms with Gasteiger partial charge >= 0.3 is 0 Å². The van der Waals surface area contributed by atoms with Gasteiger partial charge in [0.15, 0.2) is 23.0 Å². The van der Waals surface area contributed by atoms with Gasteiger partial charge in [0.25, 0.3) is 5.91 Å². The Bertz CT molecular complexity index is 1220. The van der Waals surface area contributed by atoms with E-state index in [-0.39, 0.29) is 12.7 Å². The number of aromatic nitrogens is 4. The van der Waals surface area contributed by atoms with E-state index in [2.05, 4.69) is 20.4 Å². The minimum absolute atomic E-state index is 0.206. The van der Waals surface area contributed by atoms with Gasteiger partial charge in [-0.15, -0.1) is 0 Å². The van der Waals surface area contributed by atoms with Crippen molar-refractivity contribution < 1.29 is 14.3 Å². The van der Waals surface area contributed by atoms with Gasteiger partial charge in [0.2, 0.25) is 6.79 Å². The molecule has 1 aliphatic heterocycles. The summed E-state index contributed by atoms with van der Waals surface area (Å²) in [6.07, 6.45) is 3.26. The van der Waals surface area contributed by atoms with Crippen LogP contribution in [0.2, 0.25) is 0 Å². The highest BCUT2D eigenvalue weighted by atomic mass is 16.7. The third-order valence-corrected chi connectivity index (χ3v) is 4.73. The molecule has 8 heteroatoms. The standard InChI is InChI=1S/C21H17N5O3/c1-13-16-9-15(11-23-20(16)26(25-13)19-4-2-3-7-22-19)21(27)24-10-14-5-6-17-18(8-14)29-12-28-17/h2-9,11H,10,12H2,1H3,(H,24,27). The summed E-state index contributed by atoms with van der Waals surface area (Å²) in [5, 5.41) is 8.25. The van der Waals surface area contributed by atoms with Gasteiger partial charge in [0.1, 0.15) is 0 Å². The van der Waals surface area contributed by atoms with E-state index >= 15 is 0 Å².